The average molecular weight is 566 g/mol. The minimum atomic E-state index is -3.65. The topological polar surface area (TPSA) is 92.5 Å². The molecule has 0 radical (unpaired) electrons. The third-order valence-corrected chi connectivity index (χ3v) is 10.5. The molecule has 0 aromatic heterocycles. The molecule has 0 bridgehead atoms. The van der Waals surface area contributed by atoms with E-state index in [1.165, 1.54) is 11.6 Å². The van der Waals surface area contributed by atoms with E-state index in [4.69, 9.17) is 17.3 Å². The van der Waals surface area contributed by atoms with Gasteiger partial charge in [0, 0.05) is 23.8 Å². The van der Waals surface area contributed by atoms with Crippen molar-refractivity contribution in [2.24, 2.45) is 11.8 Å². The van der Waals surface area contributed by atoms with Gasteiger partial charge in [-0.15, -0.1) is 0 Å². The summed E-state index contributed by atoms with van der Waals surface area (Å²) in [5.74, 6) is 1.25. The summed E-state index contributed by atoms with van der Waals surface area (Å²) in [6, 6.07) is 19.5. The molecule has 2 heterocycles. The van der Waals surface area contributed by atoms with Gasteiger partial charge in [-0.25, -0.2) is 8.42 Å². The monoisotopic (exact) mass is 565 g/mol. The van der Waals surface area contributed by atoms with Gasteiger partial charge in [-0.2, -0.15) is 0 Å². The number of carbonyl (C=O) groups excluding carboxylic acids is 1. The normalized spacial score (nSPS) is 18.2. The lowest BCUT2D eigenvalue weighted by molar-refractivity contribution is 0.0658. The SMILES string of the molecule is Cc1cccc(C(=O)N2CCC(C(c3ccc(S(=O)(=O)c4cccc(Cl)c4)cc3)C3CCNCC3)CC2)c1N. The first-order valence-electron chi connectivity index (χ1n) is 13.7. The number of nitrogen functional groups attached to an aromatic ring is 1. The molecule has 2 saturated heterocycles. The van der Waals surface area contributed by atoms with E-state index in [-0.39, 0.29) is 15.7 Å². The highest BCUT2D eigenvalue weighted by atomic mass is 35.5. The quantitative estimate of drug-likeness (QED) is 0.374. The van der Waals surface area contributed by atoms with Crippen LogP contribution in [0.3, 0.4) is 0 Å². The first-order valence-corrected chi connectivity index (χ1v) is 15.6. The zero-order valence-corrected chi connectivity index (χ0v) is 23.8. The average Bonchev–Trinajstić information content (AvgIpc) is 2.95. The fraction of sp³-hybridized carbons (Fsp3) is 0.387. The maximum Gasteiger partial charge on any atom is 0.255 e. The number of rotatable bonds is 6. The van der Waals surface area contributed by atoms with Crippen LogP contribution in [-0.4, -0.2) is 45.4 Å². The molecular weight excluding hydrogens is 530 g/mol. The van der Waals surface area contributed by atoms with Gasteiger partial charge < -0.3 is 16.0 Å². The number of benzene rings is 3. The maximum atomic E-state index is 13.3. The molecule has 1 amide bonds. The molecule has 1 atom stereocenters. The fourth-order valence-electron chi connectivity index (χ4n) is 6.27. The zero-order chi connectivity index (χ0) is 27.6. The van der Waals surface area contributed by atoms with Crippen LogP contribution in [0.5, 0.6) is 0 Å². The van der Waals surface area contributed by atoms with Gasteiger partial charge >= 0.3 is 0 Å². The van der Waals surface area contributed by atoms with Crippen molar-refractivity contribution in [1.29, 1.82) is 0 Å². The smallest absolute Gasteiger partial charge is 0.255 e. The molecular formula is C31H36ClN3O3S. The molecule has 3 aromatic rings. The Balaban J connectivity index is 1.36. The molecule has 2 aliphatic rings. The van der Waals surface area contributed by atoms with Crippen molar-refractivity contribution in [2.75, 3.05) is 31.9 Å². The molecule has 6 nitrogen and oxygen atoms in total. The summed E-state index contributed by atoms with van der Waals surface area (Å²) in [6.07, 6.45) is 4.00. The second-order valence-corrected chi connectivity index (χ2v) is 13.2. The first-order chi connectivity index (χ1) is 18.8. The Morgan fingerprint density at radius 3 is 2.23 bits per heavy atom. The lowest BCUT2D eigenvalue weighted by atomic mass is 9.70. The lowest BCUT2D eigenvalue weighted by Gasteiger charge is -2.41. The Labute approximate surface area is 236 Å². The van der Waals surface area contributed by atoms with E-state index in [0.717, 1.165) is 44.3 Å². The van der Waals surface area contributed by atoms with Gasteiger partial charge in [0.05, 0.1) is 15.4 Å². The number of aryl methyl sites for hydroxylation is 1. The Morgan fingerprint density at radius 1 is 0.923 bits per heavy atom. The van der Waals surface area contributed by atoms with Gasteiger partial charge in [0.15, 0.2) is 0 Å². The van der Waals surface area contributed by atoms with Crippen LogP contribution in [0.1, 0.15) is 53.1 Å². The Bertz CT molecular complexity index is 1430. The van der Waals surface area contributed by atoms with Crippen molar-refractivity contribution in [1.82, 2.24) is 10.2 Å². The molecule has 8 heteroatoms. The number of nitrogens with zero attached hydrogens (tertiary/aromatic N) is 1. The van der Waals surface area contributed by atoms with Crippen molar-refractivity contribution in [3.8, 4) is 0 Å². The number of anilines is 1. The van der Waals surface area contributed by atoms with Gasteiger partial charge in [-0.3, -0.25) is 4.79 Å². The predicted octanol–water partition coefficient (Wildman–Crippen LogP) is 5.70. The largest absolute Gasteiger partial charge is 0.398 e. The first kappa shape index (κ1) is 27.7. The van der Waals surface area contributed by atoms with Crippen molar-refractivity contribution in [3.05, 3.63) is 88.4 Å². The number of halogens is 1. The van der Waals surface area contributed by atoms with E-state index in [0.29, 0.717) is 47.1 Å². The van der Waals surface area contributed by atoms with Crippen LogP contribution >= 0.6 is 11.6 Å². The van der Waals surface area contributed by atoms with Crippen LogP contribution < -0.4 is 11.1 Å². The summed E-state index contributed by atoms with van der Waals surface area (Å²) in [4.78, 5) is 15.7. The molecule has 2 fully saturated rings. The summed E-state index contributed by atoms with van der Waals surface area (Å²) in [5, 5.41) is 3.87. The summed E-state index contributed by atoms with van der Waals surface area (Å²) >= 11 is 6.06. The molecule has 5 rings (SSSR count). The van der Waals surface area contributed by atoms with E-state index in [1.807, 2.05) is 42.2 Å². The number of nitrogens with two attached hydrogens (primary N) is 1. The number of likely N-dealkylation sites (tertiary alicyclic amines) is 1. The van der Waals surface area contributed by atoms with Crippen LogP contribution in [0.4, 0.5) is 5.69 Å². The zero-order valence-electron chi connectivity index (χ0n) is 22.3. The summed E-state index contributed by atoms with van der Waals surface area (Å²) in [6.45, 7) is 5.30. The maximum absolute atomic E-state index is 13.3. The molecule has 1 unspecified atom stereocenters. The summed E-state index contributed by atoms with van der Waals surface area (Å²) in [5.41, 5.74) is 9.47. The van der Waals surface area contributed by atoms with Gasteiger partial charge in [-0.05, 0) is 111 Å². The summed E-state index contributed by atoms with van der Waals surface area (Å²) in [7, 11) is -3.65. The highest BCUT2D eigenvalue weighted by molar-refractivity contribution is 7.91. The van der Waals surface area contributed by atoms with Gasteiger partial charge in [0.2, 0.25) is 9.84 Å². The van der Waals surface area contributed by atoms with Crippen LogP contribution in [-0.2, 0) is 9.84 Å². The van der Waals surface area contributed by atoms with E-state index >= 15 is 0 Å². The van der Waals surface area contributed by atoms with Crippen molar-refractivity contribution in [3.63, 3.8) is 0 Å². The minimum Gasteiger partial charge on any atom is -0.398 e. The molecule has 2 aliphatic heterocycles. The van der Waals surface area contributed by atoms with Gasteiger partial charge in [0.1, 0.15) is 0 Å². The number of para-hydroxylation sites is 1. The van der Waals surface area contributed by atoms with Crippen LogP contribution in [0.15, 0.2) is 76.5 Å². The standard InChI is InChI=1S/C31H36ClN3O3S/c1-21-4-2-7-28(30(21)33)31(36)35-18-14-24(15-19-35)29(23-12-16-34-17-13-23)22-8-10-26(11-9-22)39(37,38)27-6-3-5-25(32)20-27/h2-11,20,23-24,29,34H,12-19,33H2,1H3. The van der Waals surface area contributed by atoms with Crippen LogP contribution in [0.2, 0.25) is 5.02 Å². The number of nitrogens with one attached hydrogen (secondary N) is 1. The van der Waals surface area contributed by atoms with Crippen molar-refractivity contribution >= 4 is 33.0 Å². The molecule has 0 spiro atoms. The fourth-order valence-corrected chi connectivity index (χ4v) is 7.83. The van der Waals surface area contributed by atoms with E-state index in [9.17, 15) is 13.2 Å². The Kier molecular flexibility index (Phi) is 8.31. The molecule has 0 aliphatic carbocycles. The molecule has 3 aromatic carbocycles. The third-order valence-electron chi connectivity index (χ3n) is 8.46. The molecule has 206 valence electrons. The Hall–Kier alpha value is -2.87. The highest BCUT2D eigenvalue weighted by Crippen LogP contribution is 2.42. The second kappa shape index (κ2) is 11.7. The molecule has 39 heavy (non-hydrogen) atoms. The molecule has 0 saturated carbocycles. The second-order valence-electron chi connectivity index (χ2n) is 10.8. The Morgan fingerprint density at radius 2 is 1.56 bits per heavy atom. The van der Waals surface area contributed by atoms with Crippen LogP contribution in [0.25, 0.3) is 0 Å². The van der Waals surface area contributed by atoms with Crippen molar-refractivity contribution < 1.29 is 13.2 Å². The number of hydrogen-bond acceptors (Lipinski definition) is 5. The number of hydrogen-bond donors (Lipinski definition) is 2. The summed E-state index contributed by atoms with van der Waals surface area (Å²) < 4.78 is 26.4. The lowest BCUT2D eigenvalue weighted by Crippen LogP contribution is -2.42. The molecule has 3 N–H and O–H groups in total. The van der Waals surface area contributed by atoms with Crippen LogP contribution in [0, 0.1) is 18.8 Å². The predicted molar refractivity (Wildman–Crippen MR) is 156 cm³/mol. The van der Waals surface area contributed by atoms with Gasteiger partial charge in [0.25, 0.3) is 5.91 Å². The van der Waals surface area contributed by atoms with E-state index in [2.05, 4.69) is 5.32 Å². The van der Waals surface area contributed by atoms with E-state index < -0.39 is 9.84 Å². The minimum absolute atomic E-state index is 0.00337. The number of piperidine rings is 2. The number of amides is 1. The number of carbonyl (C=O) groups is 1. The van der Waals surface area contributed by atoms with Gasteiger partial charge in [-0.1, -0.05) is 41.9 Å². The van der Waals surface area contributed by atoms with E-state index in [1.54, 1.807) is 30.3 Å². The number of sulfone groups is 1. The third kappa shape index (κ3) is 5.86. The highest BCUT2D eigenvalue weighted by Gasteiger charge is 2.35. The van der Waals surface area contributed by atoms with Crippen molar-refractivity contribution in [2.45, 2.75) is 48.3 Å².